The topological polar surface area (TPSA) is 76.8 Å². The average molecular weight is 369 g/mol. The number of ether oxygens (including phenoxy) is 2. The molecule has 7 nitrogen and oxygen atoms in total. The Balaban J connectivity index is 1.40. The first kappa shape index (κ1) is 17.8. The molecule has 1 amide bonds. The van der Waals surface area contributed by atoms with Crippen LogP contribution < -0.4 is 10.1 Å². The molecule has 0 saturated carbocycles. The van der Waals surface area contributed by atoms with E-state index in [1.54, 1.807) is 13.2 Å². The van der Waals surface area contributed by atoms with Crippen molar-refractivity contribution in [3.63, 3.8) is 0 Å². The molecule has 0 unspecified atom stereocenters. The quantitative estimate of drug-likeness (QED) is 0.673. The molecule has 0 atom stereocenters. The van der Waals surface area contributed by atoms with Gasteiger partial charge in [-0.05, 0) is 43.3 Å². The number of benzene rings is 1. The fraction of sp³-hybridized carbons (Fsp3) is 0.400. The van der Waals surface area contributed by atoms with Crippen LogP contribution in [0.3, 0.4) is 0 Å². The first-order chi connectivity index (χ1) is 13.2. The van der Waals surface area contributed by atoms with Gasteiger partial charge in [-0.25, -0.2) is 4.98 Å². The van der Waals surface area contributed by atoms with Gasteiger partial charge in [0.05, 0.1) is 25.8 Å². The van der Waals surface area contributed by atoms with Crippen LogP contribution in [0.5, 0.6) is 5.75 Å². The Morgan fingerprint density at radius 2 is 2.07 bits per heavy atom. The van der Waals surface area contributed by atoms with E-state index in [-0.39, 0.29) is 11.7 Å². The van der Waals surface area contributed by atoms with Gasteiger partial charge in [0.1, 0.15) is 5.75 Å². The Labute approximate surface area is 157 Å². The van der Waals surface area contributed by atoms with E-state index >= 15 is 0 Å². The van der Waals surface area contributed by atoms with Crippen molar-refractivity contribution >= 4 is 27.9 Å². The van der Waals surface area contributed by atoms with Gasteiger partial charge >= 0.3 is 0 Å². The molecule has 2 aromatic heterocycles. The fourth-order valence-electron chi connectivity index (χ4n) is 3.27. The zero-order chi connectivity index (χ0) is 18.6. The van der Waals surface area contributed by atoms with E-state index in [4.69, 9.17) is 13.9 Å². The summed E-state index contributed by atoms with van der Waals surface area (Å²) in [5.74, 6) is 0.841. The summed E-state index contributed by atoms with van der Waals surface area (Å²) >= 11 is 0. The maximum Gasteiger partial charge on any atom is 0.287 e. The van der Waals surface area contributed by atoms with Crippen molar-refractivity contribution in [3.8, 4) is 5.75 Å². The molecule has 1 aliphatic heterocycles. The Kier molecular flexibility index (Phi) is 5.22. The van der Waals surface area contributed by atoms with Crippen molar-refractivity contribution < 1.29 is 18.7 Å². The van der Waals surface area contributed by atoms with Gasteiger partial charge in [-0.2, -0.15) is 0 Å². The average Bonchev–Trinajstić information content (AvgIpc) is 3.12. The zero-order valence-electron chi connectivity index (χ0n) is 15.4. The number of methoxy groups -OCH3 is 1. The lowest BCUT2D eigenvalue weighted by molar-refractivity contribution is 0.0374. The Morgan fingerprint density at radius 1 is 1.22 bits per heavy atom. The second kappa shape index (κ2) is 7.94. The van der Waals surface area contributed by atoms with Crippen LogP contribution in [0.2, 0.25) is 0 Å². The predicted octanol–water partition coefficient (Wildman–Crippen LogP) is 2.44. The number of hydrogen-bond acceptors (Lipinski definition) is 6. The molecule has 7 heteroatoms. The fourth-order valence-corrected chi connectivity index (χ4v) is 3.27. The van der Waals surface area contributed by atoms with Crippen molar-refractivity contribution in [1.82, 2.24) is 15.2 Å². The van der Waals surface area contributed by atoms with Crippen LogP contribution in [0.4, 0.5) is 0 Å². The van der Waals surface area contributed by atoms with Gasteiger partial charge in [0.2, 0.25) is 5.71 Å². The summed E-state index contributed by atoms with van der Waals surface area (Å²) in [6.45, 7) is 5.07. The molecule has 142 valence electrons. The molecule has 0 spiro atoms. The van der Waals surface area contributed by atoms with Crippen LogP contribution in [0, 0.1) is 0 Å². The lowest BCUT2D eigenvalue weighted by Gasteiger charge is -2.26. The standard InChI is InChI=1S/C20H23N3O4/c1-25-16-3-4-17-14(12-16)11-15-13-18(27-20(15)22-17)19(24)21-5-2-6-23-7-9-26-10-8-23/h3-4,11-13H,2,5-10H2,1H3,(H,21,24). The van der Waals surface area contributed by atoms with Crippen molar-refractivity contribution in [3.05, 3.63) is 36.1 Å². The smallest absolute Gasteiger partial charge is 0.287 e. The number of carbonyl (C=O) groups is 1. The molecule has 0 bridgehead atoms. The number of nitrogens with one attached hydrogen (secondary N) is 1. The van der Waals surface area contributed by atoms with E-state index in [0.717, 1.165) is 61.3 Å². The van der Waals surface area contributed by atoms with Gasteiger partial charge in [0.15, 0.2) is 5.76 Å². The molecule has 3 aromatic rings. The maximum absolute atomic E-state index is 12.4. The van der Waals surface area contributed by atoms with Crippen LogP contribution >= 0.6 is 0 Å². The van der Waals surface area contributed by atoms with Crippen molar-refractivity contribution in [2.45, 2.75) is 6.42 Å². The van der Waals surface area contributed by atoms with Crippen LogP contribution in [0.15, 0.2) is 34.7 Å². The number of furan rings is 1. The third-order valence-electron chi connectivity index (χ3n) is 4.77. The Bertz CT molecular complexity index is 947. The van der Waals surface area contributed by atoms with E-state index in [1.807, 2.05) is 24.3 Å². The molecule has 1 fully saturated rings. The molecule has 0 aliphatic carbocycles. The van der Waals surface area contributed by atoms with Crippen molar-refractivity contribution in [1.29, 1.82) is 0 Å². The molecule has 3 heterocycles. The minimum absolute atomic E-state index is 0.211. The van der Waals surface area contributed by atoms with E-state index in [1.165, 1.54) is 0 Å². The molecule has 1 saturated heterocycles. The van der Waals surface area contributed by atoms with Crippen molar-refractivity contribution in [2.75, 3.05) is 46.5 Å². The second-order valence-electron chi connectivity index (χ2n) is 6.62. The third kappa shape index (κ3) is 4.04. The van der Waals surface area contributed by atoms with Crippen molar-refractivity contribution in [2.24, 2.45) is 0 Å². The number of pyridine rings is 1. The number of carbonyl (C=O) groups excluding carboxylic acids is 1. The largest absolute Gasteiger partial charge is 0.497 e. The van der Waals surface area contributed by atoms with E-state index in [9.17, 15) is 4.79 Å². The van der Waals surface area contributed by atoms with Gasteiger partial charge in [-0.1, -0.05) is 0 Å². The zero-order valence-corrected chi connectivity index (χ0v) is 15.4. The summed E-state index contributed by atoms with van der Waals surface area (Å²) in [5, 5.41) is 4.67. The Hall–Kier alpha value is -2.64. The van der Waals surface area contributed by atoms with E-state index in [0.29, 0.717) is 12.3 Å². The molecule has 4 rings (SSSR count). The van der Waals surface area contributed by atoms with Gasteiger partial charge < -0.3 is 19.2 Å². The second-order valence-corrected chi connectivity index (χ2v) is 6.62. The van der Waals surface area contributed by atoms with Gasteiger partial charge in [-0.15, -0.1) is 0 Å². The Morgan fingerprint density at radius 3 is 2.89 bits per heavy atom. The molecule has 27 heavy (non-hydrogen) atoms. The number of morpholine rings is 1. The third-order valence-corrected chi connectivity index (χ3v) is 4.77. The first-order valence-electron chi connectivity index (χ1n) is 9.19. The number of amides is 1. The van der Waals surface area contributed by atoms with E-state index in [2.05, 4.69) is 15.2 Å². The maximum atomic E-state index is 12.4. The normalized spacial score (nSPS) is 15.3. The van der Waals surface area contributed by atoms with Gasteiger partial charge in [-0.3, -0.25) is 9.69 Å². The molecule has 1 aliphatic rings. The highest BCUT2D eigenvalue weighted by Gasteiger charge is 2.14. The molecule has 1 aromatic carbocycles. The highest BCUT2D eigenvalue weighted by Crippen LogP contribution is 2.25. The van der Waals surface area contributed by atoms with Crippen LogP contribution in [0.1, 0.15) is 17.0 Å². The molecular weight excluding hydrogens is 346 g/mol. The highest BCUT2D eigenvalue weighted by atomic mass is 16.5. The number of rotatable bonds is 6. The molecule has 0 radical (unpaired) electrons. The van der Waals surface area contributed by atoms with Gasteiger partial charge in [0, 0.05) is 30.4 Å². The molecule has 1 N–H and O–H groups in total. The minimum atomic E-state index is -0.211. The van der Waals surface area contributed by atoms with Gasteiger partial charge in [0.25, 0.3) is 5.91 Å². The summed E-state index contributed by atoms with van der Waals surface area (Å²) in [4.78, 5) is 19.2. The minimum Gasteiger partial charge on any atom is -0.497 e. The molecular formula is C20H23N3O4. The summed E-state index contributed by atoms with van der Waals surface area (Å²) in [6, 6.07) is 9.34. The number of fused-ring (bicyclic) bond motifs is 2. The van der Waals surface area contributed by atoms with Crippen LogP contribution in [0.25, 0.3) is 22.0 Å². The first-order valence-corrected chi connectivity index (χ1v) is 9.19. The van der Waals surface area contributed by atoms with Crippen LogP contribution in [-0.2, 0) is 4.74 Å². The number of nitrogens with zero attached hydrogens (tertiary/aromatic N) is 2. The lowest BCUT2D eigenvalue weighted by Crippen LogP contribution is -2.38. The van der Waals surface area contributed by atoms with E-state index < -0.39 is 0 Å². The monoisotopic (exact) mass is 369 g/mol. The lowest BCUT2D eigenvalue weighted by atomic mass is 10.2. The summed E-state index contributed by atoms with van der Waals surface area (Å²) in [7, 11) is 1.63. The SMILES string of the molecule is COc1ccc2nc3oc(C(=O)NCCCN4CCOCC4)cc3cc2c1. The summed E-state index contributed by atoms with van der Waals surface area (Å²) < 4.78 is 16.2. The van der Waals surface area contributed by atoms with Crippen LogP contribution in [-0.4, -0.2) is 62.3 Å². The number of hydrogen-bond donors (Lipinski definition) is 1. The summed E-state index contributed by atoms with van der Waals surface area (Å²) in [5.41, 5.74) is 1.27. The number of aromatic nitrogens is 1. The predicted molar refractivity (Wildman–Crippen MR) is 102 cm³/mol. The highest BCUT2D eigenvalue weighted by molar-refractivity contribution is 5.98. The summed E-state index contributed by atoms with van der Waals surface area (Å²) in [6.07, 6.45) is 0.897.